The Kier molecular flexibility index (Phi) is 4.50. The van der Waals surface area contributed by atoms with Crippen molar-refractivity contribution in [2.75, 3.05) is 31.9 Å². The Morgan fingerprint density at radius 3 is 2.24 bits per heavy atom. The van der Waals surface area contributed by atoms with Crippen LogP contribution in [0.2, 0.25) is 0 Å². The molecule has 1 aliphatic rings. The molecule has 8 heteroatoms. The number of rotatable bonds is 3. The summed E-state index contributed by atoms with van der Waals surface area (Å²) < 4.78 is 53.2. The molecule has 0 atom stereocenters. The summed E-state index contributed by atoms with van der Waals surface area (Å²) in [5.41, 5.74) is 5.30. The maximum absolute atomic E-state index is 13.8. The molecule has 1 aromatic rings. The summed E-state index contributed by atoms with van der Waals surface area (Å²) in [6, 6.07) is 2.05. The molecule has 1 saturated heterocycles. The van der Waals surface area contributed by atoms with Crippen LogP contribution in [0.4, 0.5) is 14.5 Å². The minimum atomic E-state index is -4.08. The van der Waals surface area contributed by atoms with E-state index in [1.165, 1.54) is 4.31 Å². The Hall–Kier alpha value is -1.25. The van der Waals surface area contributed by atoms with E-state index in [-0.39, 0.29) is 18.8 Å². The molecule has 0 aliphatic carbocycles. The van der Waals surface area contributed by atoms with Crippen LogP contribution in [0.15, 0.2) is 17.0 Å². The summed E-state index contributed by atoms with van der Waals surface area (Å²) in [6.45, 7) is 5.66. The van der Waals surface area contributed by atoms with E-state index in [0.29, 0.717) is 19.1 Å². The van der Waals surface area contributed by atoms with E-state index in [9.17, 15) is 17.2 Å². The molecule has 1 fully saturated rings. The molecule has 0 aromatic heterocycles. The average molecular weight is 319 g/mol. The van der Waals surface area contributed by atoms with Crippen LogP contribution in [-0.2, 0) is 10.0 Å². The lowest BCUT2D eigenvalue weighted by atomic mass is 10.3. The Balaban J connectivity index is 2.28. The monoisotopic (exact) mass is 319 g/mol. The molecule has 5 nitrogen and oxygen atoms in total. The standard InChI is InChI=1S/C13H19F2N3O2S/c1-9(2)17-3-5-18(6-4-17)21(19,20)12-8-10(16)7-11(14)13(12)15/h7-9H,3-6,16H2,1-2H3. The number of sulfonamides is 1. The summed E-state index contributed by atoms with van der Waals surface area (Å²) in [5.74, 6) is -2.63. The molecule has 2 rings (SSSR count). The van der Waals surface area contributed by atoms with Crippen molar-refractivity contribution >= 4 is 15.7 Å². The molecule has 0 unspecified atom stereocenters. The Labute approximate surface area is 123 Å². The molecule has 0 saturated carbocycles. The quantitative estimate of drug-likeness (QED) is 0.852. The molecular formula is C13H19F2N3O2S. The van der Waals surface area contributed by atoms with Gasteiger partial charge in [-0.1, -0.05) is 0 Å². The maximum Gasteiger partial charge on any atom is 0.246 e. The van der Waals surface area contributed by atoms with Crippen molar-refractivity contribution in [3.63, 3.8) is 0 Å². The molecule has 1 aromatic carbocycles. The number of nitrogen functional groups attached to an aromatic ring is 1. The second-order valence-electron chi connectivity index (χ2n) is 5.35. The van der Waals surface area contributed by atoms with Gasteiger partial charge < -0.3 is 5.73 Å². The highest BCUT2D eigenvalue weighted by molar-refractivity contribution is 7.89. The van der Waals surface area contributed by atoms with E-state index >= 15 is 0 Å². The van der Waals surface area contributed by atoms with Crippen LogP contribution in [0.3, 0.4) is 0 Å². The van der Waals surface area contributed by atoms with Gasteiger partial charge in [0.05, 0.1) is 0 Å². The van der Waals surface area contributed by atoms with Crippen molar-refractivity contribution in [1.29, 1.82) is 0 Å². The van der Waals surface area contributed by atoms with Crippen LogP contribution in [0.25, 0.3) is 0 Å². The first kappa shape index (κ1) is 16.1. The molecule has 21 heavy (non-hydrogen) atoms. The maximum atomic E-state index is 13.8. The summed E-state index contributed by atoms with van der Waals surface area (Å²) in [5, 5.41) is 0. The molecule has 0 amide bonds. The predicted octanol–water partition coefficient (Wildman–Crippen LogP) is 1.26. The van der Waals surface area contributed by atoms with Gasteiger partial charge in [0, 0.05) is 37.9 Å². The number of hydrogen-bond acceptors (Lipinski definition) is 4. The lowest BCUT2D eigenvalue weighted by Gasteiger charge is -2.36. The first-order chi connectivity index (χ1) is 9.73. The second kappa shape index (κ2) is 5.86. The summed E-state index contributed by atoms with van der Waals surface area (Å²) in [7, 11) is -4.08. The number of piperazine rings is 1. The van der Waals surface area contributed by atoms with Crippen LogP contribution in [0.1, 0.15) is 13.8 Å². The summed E-state index contributed by atoms with van der Waals surface area (Å²) in [6.07, 6.45) is 0. The van der Waals surface area contributed by atoms with Crippen molar-refractivity contribution in [3.05, 3.63) is 23.8 Å². The molecule has 0 bridgehead atoms. The van der Waals surface area contributed by atoms with E-state index in [1.54, 1.807) is 0 Å². The zero-order valence-corrected chi connectivity index (χ0v) is 12.8. The lowest BCUT2D eigenvalue weighted by Crippen LogP contribution is -2.50. The lowest BCUT2D eigenvalue weighted by molar-refractivity contribution is 0.154. The van der Waals surface area contributed by atoms with Crippen molar-refractivity contribution in [2.45, 2.75) is 24.8 Å². The van der Waals surface area contributed by atoms with Crippen LogP contribution in [0.5, 0.6) is 0 Å². The first-order valence-corrected chi connectivity index (χ1v) is 8.16. The summed E-state index contributed by atoms with van der Waals surface area (Å²) >= 11 is 0. The average Bonchev–Trinajstić information content (AvgIpc) is 2.42. The van der Waals surface area contributed by atoms with Gasteiger partial charge in [-0.05, 0) is 26.0 Å². The zero-order chi connectivity index (χ0) is 15.8. The van der Waals surface area contributed by atoms with E-state index < -0.39 is 26.6 Å². The predicted molar refractivity (Wildman–Crippen MR) is 76.2 cm³/mol. The Bertz CT molecular complexity index is 627. The fourth-order valence-corrected chi connectivity index (χ4v) is 3.90. The van der Waals surface area contributed by atoms with Crippen molar-refractivity contribution < 1.29 is 17.2 Å². The minimum absolute atomic E-state index is 0.117. The SMILES string of the molecule is CC(C)N1CCN(S(=O)(=O)c2cc(N)cc(F)c2F)CC1. The Morgan fingerprint density at radius 1 is 1.14 bits per heavy atom. The molecule has 118 valence electrons. The van der Waals surface area contributed by atoms with Gasteiger partial charge in [-0.2, -0.15) is 4.31 Å². The number of anilines is 1. The van der Waals surface area contributed by atoms with E-state index in [0.717, 1.165) is 12.1 Å². The number of nitrogens with zero attached hydrogens (tertiary/aromatic N) is 2. The molecule has 2 N–H and O–H groups in total. The van der Waals surface area contributed by atoms with Crippen molar-refractivity contribution in [1.82, 2.24) is 9.21 Å². The van der Waals surface area contributed by atoms with E-state index in [1.807, 2.05) is 13.8 Å². The van der Waals surface area contributed by atoms with Gasteiger partial charge in [-0.15, -0.1) is 0 Å². The molecule has 1 heterocycles. The van der Waals surface area contributed by atoms with Gasteiger partial charge in [0.15, 0.2) is 11.6 Å². The molecular weight excluding hydrogens is 300 g/mol. The fraction of sp³-hybridized carbons (Fsp3) is 0.538. The van der Waals surface area contributed by atoms with Crippen molar-refractivity contribution in [2.24, 2.45) is 0 Å². The van der Waals surface area contributed by atoms with Gasteiger partial charge >= 0.3 is 0 Å². The summed E-state index contributed by atoms with van der Waals surface area (Å²) in [4.78, 5) is 1.43. The third-order valence-electron chi connectivity index (χ3n) is 3.64. The van der Waals surface area contributed by atoms with E-state index in [4.69, 9.17) is 5.73 Å². The highest BCUT2D eigenvalue weighted by Crippen LogP contribution is 2.25. The third kappa shape index (κ3) is 3.17. The molecule has 1 aliphatic heterocycles. The van der Waals surface area contributed by atoms with Gasteiger partial charge in [0.2, 0.25) is 10.0 Å². The van der Waals surface area contributed by atoms with Crippen LogP contribution in [0, 0.1) is 11.6 Å². The van der Waals surface area contributed by atoms with Gasteiger partial charge in [-0.3, -0.25) is 4.90 Å². The smallest absolute Gasteiger partial charge is 0.246 e. The largest absolute Gasteiger partial charge is 0.399 e. The molecule has 0 radical (unpaired) electrons. The highest BCUT2D eigenvalue weighted by atomic mass is 32.2. The first-order valence-electron chi connectivity index (χ1n) is 6.72. The zero-order valence-electron chi connectivity index (χ0n) is 12.0. The number of benzene rings is 1. The normalized spacial score (nSPS) is 18.3. The van der Waals surface area contributed by atoms with Gasteiger partial charge in [0.25, 0.3) is 0 Å². The number of halogens is 2. The van der Waals surface area contributed by atoms with Gasteiger partial charge in [-0.25, -0.2) is 17.2 Å². The van der Waals surface area contributed by atoms with Crippen LogP contribution >= 0.6 is 0 Å². The van der Waals surface area contributed by atoms with Crippen LogP contribution in [-0.4, -0.2) is 49.8 Å². The second-order valence-corrected chi connectivity index (χ2v) is 7.26. The van der Waals surface area contributed by atoms with E-state index in [2.05, 4.69) is 4.90 Å². The highest BCUT2D eigenvalue weighted by Gasteiger charge is 2.32. The topological polar surface area (TPSA) is 66.6 Å². The van der Waals surface area contributed by atoms with Crippen molar-refractivity contribution in [3.8, 4) is 0 Å². The Morgan fingerprint density at radius 2 is 1.71 bits per heavy atom. The van der Waals surface area contributed by atoms with Gasteiger partial charge in [0.1, 0.15) is 4.90 Å². The number of hydrogen-bond donors (Lipinski definition) is 1. The van der Waals surface area contributed by atoms with Crippen LogP contribution < -0.4 is 5.73 Å². The minimum Gasteiger partial charge on any atom is -0.399 e. The fourth-order valence-electron chi connectivity index (χ4n) is 2.37. The number of nitrogens with two attached hydrogens (primary N) is 1. The third-order valence-corrected chi connectivity index (χ3v) is 5.54. The molecule has 0 spiro atoms.